The predicted molar refractivity (Wildman–Crippen MR) is 82.8 cm³/mol. The first-order chi connectivity index (χ1) is 9.62. The zero-order valence-corrected chi connectivity index (χ0v) is 12.5. The van der Waals surface area contributed by atoms with Crippen molar-refractivity contribution in [1.29, 1.82) is 0 Å². The van der Waals surface area contributed by atoms with Crippen molar-refractivity contribution in [3.63, 3.8) is 0 Å². The topological polar surface area (TPSA) is 30.5 Å². The normalized spacial score (nSPS) is 10.2. The van der Waals surface area contributed by atoms with Crippen molar-refractivity contribution in [2.75, 3.05) is 19.5 Å². The van der Waals surface area contributed by atoms with Crippen LogP contribution in [0.1, 0.15) is 16.7 Å². The highest BCUT2D eigenvalue weighted by Gasteiger charge is 2.03. The average molecular weight is 271 g/mol. The Bertz CT molecular complexity index is 571. The molecule has 2 aromatic carbocycles. The second-order valence-electron chi connectivity index (χ2n) is 4.88. The summed E-state index contributed by atoms with van der Waals surface area (Å²) in [7, 11) is 3.31. The van der Waals surface area contributed by atoms with Gasteiger partial charge in [-0.1, -0.05) is 23.8 Å². The van der Waals surface area contributed by atoms with Gasteiger partial charge >= 0.3 is 0 Å². The zero-order chi connectivity index (χ0) is 14.5. The predicted octanol–water partition coefficient (Wildman–Crippen LogP) is 3.93. The van der Waals surface area contributed by atoms with E-state index in [0.29, 0.717) is 0 Å². The van der Waals surface area contributed by atoms with Crippen LogP contribution in [0, 0.1) is 13.8 Å². The molecular weight excluding hydrogens is 250 g/mol. The minimum absolute atomic E-state index is 0.782. The van der Waals surface area contributed by atoms with Gasteiger partial charge in [0.05, 0.1) is 14.2 Å². The quantitative estimate of drug-likeness (QED) is 0.893. The number of aryl methyl sites for hydroxylation is 2. The second kappa shape index (κ2) is 6.33. The molecule has 2 aromatic rings. The number of rotatable bonds is 5. The Morgan fingerprint density at radius 3 is 2.15 bits per heavy atom. The van der Waals surface area contributed by atoms with Gasteiger partial charge in [-0.25, -0.2) is 0 Å². The van der Waals surface area contributed by atoms with Gasteiger partial charge < -0.3 is 14.8 Å². The smallest absolute Gasteiger partial charge is 0.124 e. The minimum Gasteiger partial charge on any atom is -0.497 e. The van der Waals surface area contributed by atoms with Crippen LogP contribution in [0.3, 0.4) is 0 Å². The van der Waals surface area contributed by atoms with Crippen LogP contribution in [0.5, 0.6) is 11.5 Å². The first-order valence-corrected chi connectivity index (χ1v) is 6.65. The lowest BCUT2D eigenvalue weighted by Gasteiger charge is -2.12. The number of methoxy groups -OCH3 is 2. The summed E-state index contributed by atoms with van der Waals surface area (Å²) < 4.78 is 10.5. The van der Waals surface area contributed by atoms with Crippen molar-refractivity contribution in [3.8, 4) is 11.5 Å². The average Bonchev–Trinajstić information content (AvgIpc) is 2.47. The summed E-state index contributed by atoms with van der Waals surface area (Å²) in [6, 6.07) is 12.3. The van der Waals surface area contributed by atoms with Gasteiger partial charge in [0, 0.05) is 30.4 Å². The fraction of sp³-hybridized carbons (Fsp3) is 0.294. The fourth-order valence-electron chi connectivity index (χ4n) is 2.10. The number of ether oxygens (including phenoxy) is 2. The zero-order valence-electron chi connectivity index (χ0n) is 12.5. The van der Waals surface area contributed by atoms with Crippen LogP contribution in [0.15, 0.2) is 36.4 Å². The van der Waals surface area contributed by atoms with Crippen LogP contribution in [-0.2, 0) is 6.54 Å². The molecule has 0 bridgehead atoms. The van der Waals surface area contributed by atoms with Crippen LogP contribution < -0.4 is 14.8 Å². The maximum absolute atomic E-state index is 5.27. The Balaban J connectivity index is 2.16. The van der Waals surface area contributed by atoms with E-state index in [9.17, 15) is 0 Å². The van der Waals surface area contributed by atoms with Gasteiger partial charge in [-0.2, -0.15) is 0 Å². The Labute approximate surface area is 120 Å². The van der Waals surface area contributed by atoms with Crippen molar-refractivity contribution < 1.29 is 9.47 Å². The summed E-state index contributed by atoms with van der Waals surface area (Å²) in [4.78, 5) is 0. The molecule has 0 aliphatic heterocycles. The van der Waals surface area contributed by atoms with Gasteiger partial charge in [0.2, 0.25) is 0 Å². The summed E-state index contributed by atoms with van der Waals surface area (Å²) in [5.74, 6) is 1.57. The monoisotopic (exact) mass is 271 g/mol. The van der Waals surface area contributed by atoms with Gasteiger partial charge in [-0.3, -0.25) is 0 Å². The van der Waals surface area contributed by atoms with E-state index in [2.05, 4.69) is 37.4 Å². The minimum atomic E-state index is 0.782. The Morgan fingerprint density at radius 1 is 0.900 bits per heavy atom. The van der Waals surface area contributed by atoms with Gasteiger partial charge in [0.25, 0.3) is 0 Å². The largest absolute Gasteiger partial charge is 0.497 e. The SMILES string of the molecule is COc1cc(NCc2cc(C)ccc2C)cc(OC)c1. The maximum atomic E-state index is 5.27. The van der Waals surface area contributed by atoms with E-state index in [-0.39, 0.29) is 0 Å². The molecule has 0 amide bonds. The lowest BCUT2D eigenvalue weighted by molar-refractivity contribution is 0.394. The fourth-order valence-corrected chi connectivity index (χ4v) is 2.10. The molecular formula is C17H21NO2. The molecule has 2 rings (SSSR count). The van der Waals surface area contributed by atoms with Crippen molar-refractivity contribution in [2.24, 2.45) is 0 Å². The van der Waals surface area contributed by atoms with Gasteiger partial charge in [-0.15, -0.1) is 0 Å². The van der Waals surface area contributed by atoms with Crippen LogP contribution in [0.25, 0.3) is 0 Å². The molecule has 1 N–H and O–H groups in total. The molecule has 3 nitrogen and oxygen atoms in total. The lowest BCUT2D eigenvalue weighted by Crippen LogP contribution is -2.02. The Hall–Kier alpha value is -2.16. The third kappa shape index (κ3) is 3.44. The van der Waals surface area contributed by atoms with Gasteiger partial charge in [0.1, 0.15) is 11.5 Å². The highest BCUT2D eigenvalue weighted by molar-refractivity contribution is 5.54. The van der Waals surface area contributed by atoms with Crippen molar-refractivity contribution in [2.45, 2.75) is 20.4 Å². The van der Waals surface area contributed by atoms with Gasteiger partial charge in [0.15, 0.2) is 0 Å². The molecule has 3 heteroatoms. The molecule has 0 heterocycles. The summed E-state index contributed by atoms with van der Waals surface area (Å²) in [5.41, 5.74) is 4.85. The number of benzene rings is 2. The molecule has 0 fully saturated rings. The molecule has 0 spiro atoms. The summed E-state index contributed by atoms with van der Waals surface area (Å²) in [6.45, 7) is 5.02. The number of hydrogen-bond donors (Lipinski definition) is 1. The standard InChI is InChI=1S/C17H21NO2/c1-12-5-6-13(2)14(7-12)11-18-15-8-16(19-3)10-17(9-15)20-4/h5-10,18H,11H2,1-4H3. The van der Waals surface area contributed by atoms with E-state index in [1.165, 1.54) is 16.7 Å². The third-order valence-corrected chi connectivity index (χ3v) is 3.34. The number of anilines is 1. The molecule has 0 aromatic heterocycles. The molecule has 0 saturated heterocycles. The highest BCUT2D eigenvalue weighted by Crippen LogP contribution is 2.26. The second-order valence-corrected chi connectivity index (χ2v) is 4.88. The Kier molecular flexibility index (Phi) is 4.51. The van der Waals surface area contributed by atoms with Crippen molar-refractivity contribution in [3.05, 3.63) is 53.1 Å². The van der Waals surface area contributed by atoms with E-state index in [0.717, 1.165) is 23.7 Å². The Morgan fingerprint density at radius 2 is 1.55 bits per heavy atom. The third-order valence-electron chi connectivity index (χ3n) is 3.34. The van der Waals surface area contributed by atoms with Crippen LogP contribution in [-0.4, -0.2) is 14.2 Å². The van der Waals surface area contributed by atoms with Crippen LogP contribution in [0.2, 0.25) is 0 Å². The van der Waals surface area contributed by atoms with E-state index in [1.54, 1.807) is 14.2 Å². The summed E-state index contributed by atoms with van der Waals surface area (Å²) in [5, 5.41) is 3.42. The molecule has 0 aliphatic carbocycles. The summed E-state index contributed by atoms with van der Waals surface area (Å²) in [6.07, 6.45) is 0. The molecule has 106 valence electrons. The molecule has 20 heavy (non-hydrogen) atoms. The van der Waals surface area contributed by atoms with E-state index >= 15 is 0 Å². The first kappa shape index (κ1) is 14.3. The van der Waals surface area contributed by atoms with E-state index in [1.807, 2.05) is 18.2 Å². The maximum Gasteiger partial charge on any atom is 0.124 e. The van der Waals surface area contributed by atoms with Crippen molar-refractivity contribution in [1.82, 2.24) is 0 Å². The van der Waals surface area contributed by atoms with Crippen LogP contribution in [0.4, 0.5) is 5.69 Å². The molecule has 0 unspecified atom stereocenters. The van der Waals surface area contributed by atoms with Crippen molar-refractivity contribution >= 4 is 5.69 Å². The van der Waals surface area contributed by atoms with Gasteiger partial charge in [-0.05, 0) is 25.0 Å². The number of nitrogens with one attached hydrogen (secondary N) is 1. The summed E-state index contributed by atoms with van der Waals surface area (Å²) >= 11 is 0. The van der Waals surface area contributed by atoms with E-state index in [4.69, 9.17) is 9.47 Å². The lowest BCUT2D eigenvalue weighted by atomic mass is 10.1. The molecule has 0 radical (unpaired) electrons. The molecule has 0 atom stereocenters. The number of hydrogen-bond acceptors (Lipinski definition) is 3. The van der Waals surface area contributed by atoms with Crippen LogP contribution >= 0.6 is 0 Å². The first-order valence-electron chi connectivity index (χ1n) is 6.65. The molecule has 0 saturated carbocycles. The highest BCUT2D eigenvalue weighted by atomic mass is 16.5. The molecule has 0 aliphatic rings. The van der Waals surface area contributed by atoms with E-state index < -0.39 is 0 Å².